The molecule has 3 nitrogen and oxygen atoms in total. The molecule has 0 amide bonds. The molecule has 0 saturated carbocycles. The Bertz CT molecular complexity index is 488. The smallest absolute Gasteiger partial charge is 0.162 e. The van der Waals surface area contributed by atoms with Crippen LogP contribution in [0.1, 0.15) is 37.8 Å². The van der Waals surface area contributed by atoms with Crippen molar-refractivity contribution in [3.8, 4) is 10.8 Å². The predicted octanol–water partition coefficient (Wildman–Crippen LogP) is 4.10. The quantitative estimate of drug-likeness (QED) is 0.828. The lowest BCUT2D eigenvalue weighted by atomic mass is 10.2. The van der Waals surface area contributed by atoms with Gasteiger partial charge in [-0.1, -0.05) is 27.2 Å². The third-order valence-corrected chi connectivity index (χ3v) is 3.95. The van der Waals surface area contributed by atoms with Crippen LogP contribution in [0.2, 0.25) is 0 Å². The molecule has 2 rings (SSSR count). The normalized spacial score (nSPS) is 11.4. The topological polar surface area (TPSA) is 38.1 Å². The molecule has 0 unspecified atom stereocenters. The van der Waals surface area contributed by atoms with E-state index in [1.165, 1.54) is 10.6 Å². The first-order valence-electron chi connectivity index (χ1n) is 6.93. The molecule has 4 heteroatoms. The lowest BCUT2D eigenvalue weighted by molar-refractivity contribution is 0.553. The van der Waals surface area contributed by atoms with Crippen LogP contribution >= 0.6 is 11.3 Å². The highest BCUT2D eigenvalue weighted by Gasteiger charge is 2.13. The van der Waals surface area contributed by atoms with Crippen LogP contribution in [0.4, 0.5) is 0 Å². The monoisotopic (exact) mass is 278 g/mol. The molecule has 0 aliphatic heterocycles. The summed E-state index contributed by atoms with van der Waals surface area (Å²) >= 11 is 1.74. The third kappa shape index (κ3) is 3.91. The second kappa shape index (κ2) is 6.87. The molecule has 0 aliphatic rings. The zero-order valence-electron chi connectivity index (χ0n) is 11.9. The fourth-order valence-corrected chi connectivity index (χ4v) is 2.98. The number of aryl methyl sites for hydroxylation is 1. The van der Waals surface area contributed by atoms with Crippen molar-refractivity contribution in [2.24, 2.45) is 5.92 Å². The van der Waals surface area contributed by atoms with Gasteiger partial charge in [0, 0.05) is 11.4 Å². The number of hydrogen-bond acceptors (Lipinski definition) is 4. The summed E-state index contributed by atoms with van der Waals surface area (Å²) in [6.45, 7) is 8.59. The lowest BCUT2D eigenvalue weighted by Gasteiger charge is -2.06. The maximum Gasteiger partial charge on any atom is 0.162 e. The fourth-order valence-electron chi connectivity index (χ4n) is 1.93. The van der Waals surface area contributed by atoms with Crippen molar-refractivity contribution in [2.75, 3.05) is 6.54 Å². The van der Waals surface area contributed by atoms with E-state index in [4.69, 9.17) is 9.40 Å². The van der Waals surface area contributed by atoms with E-state index in [9.17, 15) is 0 Å². The van der Waals surface area contributed by atoms with E-state index in [1.807, 2.05) is 12.1 Å². The van der Waals surface area contributed by atoms with Gasteiger partial charge in [-0.3, -0.25) is 0 Å². The van der Waals surface area contributed by atoms with Crippen LogP contribution in [0.25, 0.3) is 10.8 Å². The van der Waals surface area contributed by atoms with Crippen LogP contribution in [0.15, 0.2) is 22.8 Å². The van der Waals surface area contributed by atoms with Crippen molar-refractivity contribution in [1.29, 1.82) is 0 Å². The molecule has 0 aliphatic carbocycles. The molecule has 2 aromatic heterocycles. The summed E-state index contributed by atoms with van der Waals surface area (Å²) in [6, 6.07) is 3.88. The molecule has 2 aromatic rings. The van der Waals surface area contributed by atoms with Crippen molar-refractivity contribution >= 4 is 11.3 Å². The SMILES string of the molecule is CCCc1nc(-c2ccco2)sc1CNCC(C)C. The first-order valence-corrected chi connectivity index (χ1v) is 7.75. The first-order chi connectivity index (χ1) is 9.20. The number of nitrogens with one attached hydrogen (secondary N) is 1. The molecule has 0 spiro atoms. The Hall–Kier alpha value is -1.13. The second-order valence-corrected chi connectivity index (χ2v) is 6.22. The van der Waals surface area contributed by atoms with Gasteiger partial charge in [0.1, 0.15) is 0 Å². The number of thiazole rings is 1. The lowest BCUT2D eigenvalue weighted by Crippen LogP contribution is -2.19. The highest BCUT2D eigenvalue weighted by atomic mass is 32.1. The van der Waals surface area contributed by atoms with Crippen molar-refractivity contribution in [3.05, 3.63) is 29.0 Å². The van der Waals surface area contributed by atoms with Gasteiger partial charge in [0.15, 0.2) is 10.8 Å². The van der Waals surface area contributed by atoms with Gasteiger partial charge in [-0.2, -0.15) is 0 Å². The Balaban J connectivity index is 2.11. The van der Waals surface area contributed by atoms with E-state index in [0.717, 1.165) is 36.7 Å². The van der Waals surface area contributed by atoms with E-state index in [0.29, 0.717) is 5.92 Å². The number of rotatable bonds is 7. The zero-order chi connectivity index (χ0) is 13.7. The highest BCUT2D eigenvalue weighted by molar-refractivity contribution is 7.15. The molecular formula is C15H22N2OS. The van der Waals surface area contributed by atoms with Crippen molar-refractivity contribution in [1.82, 2.24) is 10.3 Å². The van der Waals surface area contributed by atoms with Gasteiger partial charge in [0.05, 0.1) is 12.0 Å². The van der Waals surface area contributed by atoms with Crippen LogP contribution in [-0.4, -0.2) is 11.5 Å². The third-order valence-electron chi connectivity index (χ3n) is 2.84. The van der Waals surface area contributed by atoms with Gasteiger partial charge >= 0.3 is 0 Å². The highest BCUT2D eigenvalue weighted by Crippen LogP contribution is 2.29. The summed E-state index contributed by atoms with van der Waals surface area (Å²) in [7, 11) is 0. The van der Waals surface area contributed by atoms with Gasteiger partial charge in [-0.25, -0.2) is 4.98 Å². The minimum Gasteiger partial charge on any atom is -0.462 e. The second-order valence-electron chi connectivity index (χ2n) is 5.14. The summed E-state index contributed by atoms with van der Waals surface area (Å²) < 4.78 is 5.44. The average molecular weight is 278 g/mol. The fraction of sp³-hybridized carbons (Fsp3) is 0.533. The summed E-state index contributed by atoms with van der Waals surface area (Å²) in [4.78, 5) is 6.07. The van der Waals surface area contributed by atoms with Gasteiger partial charge in [0.2, 0.25) is 0 Å². The maximum atomic E-state index is 5.44. The van der Waals surface area contributed by atoms with E-state index in [1.54, 1.807) is 17.6 Å². The average Bonchev–Trinajstić information content (AvgIpc) is 2.98. The van der Waals surface area contributed by atoms with Crippen molar-refractivity contribution in [2.45, 2.75) is 40.2 Å². The Kier molecular flexibility index (Phi) is 5.16. The maximum absolute atomic E-state index is 5.44. The summed E-state index contributed by atoms with van der Waals surface area (Å²) in [6.07, 6.45) is 3.86. The van der Waals surface area contributed by atoms with Gasteiger partial charge in [-0.05, 0) is 31.0 Å². The Labute approximate surface area is 119 Å². The minimum absolute atomic E-state index is 0.673. The van der Waals surface area contributed by atoms with Gasteiger partial charge < -0.3 is 9.73 Å². The number of hydrogen-bond donors (Lipinski definition) is 1. The number of furan rings is 1. The molecule has 2 heterocycles. The van der Waals surface area contributed by atoms with E-state index < -0.39 is 0 Å². The summed E-state index contributed by atoms with van der Waals surface area (Å²) in [5, 5.41) is 4.49. The Morgan fingerprint density at radius 1 is 1.42 bits per heavy atom. The van der Waals surface area contributed by atoms with Crippen LogP contribution in [-0.2, 0) is 13.0 Å². The molecular weight excluding hydrogens is 256 g/mol. The predicted molar refractivity (Wildman–Crippen MR) is 80.4 cm³/mol. The summed E-state index contributed by atoms with van der Waals surface area (Å²) in [5.41, 5.74) is 1.22. The number of aromatic nitrogens is 1. The van der Waals surface area contributed by atoms with Crippen molar-refractivity contribution in [3.63, 3.8) is 0 Å². The summed E-state index contributed by atoms with van der Waals surface area (Å²) in [5.74, 6) is 1.55. The van der Waals surface area contributed by atoms with Crippen molar-refractivity contribution < 1.29 is 4.42 Å². The molecule has 0 radical (unpaired) electrons. The standard InChI is InChI=1S/C15H22N2OS/c1-4-6-12-14(10-16-9-11(2)3)19-15(17-12)13-7-5-8-18-13/h5,7-8,11,16H,4,6,9-10H2,1-3H3. The van der Waals surface area contributed by atoms with Crippen LogP contribution < -0.4 is 5.32 Å². The van der Waals surface area contributed by atoms with E-state index >= 15 is 0 Å². The molecule has 0 aromatic carbocycles. The Morgan fingerprint density at radius 2 is 2.26 bits per heavy atom. The zero-order valence-corrected chi connectivity index (χ0v) is 12.7. The van der Waals surface area contributed by atoms with Crippen LogP contribution in [0.3, 0.4) is 0 Å². The Morgan fingerprint density at radius 3 is 2.89 bits per heavy atom. The van der Waals surface area contributed by atoms with Crippen LogP contribution in [0.5, 0.6) is 0 Å². The largest absolute Gasteiger partial charge is 0.462 e. The minimum atomic E-state index is 0.673. The molecule has 1 N–H and O–H groups in total. The molecule has 0 fully saturated rings. The number of nitrogens with zero attached hydrogens (tertiary/aromatic N) is 1. The molecule has 0 atom stereocenters. The van der Waals surface area contributed by atoms with E-state index in [-0.39, 0.29) is 0 Å². The van der Waals surface area contributed by atoms with Gasteiger partial charge in [0.25, 0.3) is 0 Å². The molecule has 0 bridgehead atoms. The molecule has 104 valence electrons. The van der Waals surface area contributed by atoms with Gasteiger partial charge in [-0.15, -0.1) is 11.3 Å². The van der Waals surface area contributed by atoms with Crippen LogP contribution in [0, 0.1) is 5.92 Å². The molecule has 19 heavy (non-hydrogen) atoms. The van der Waals surface area contributed by atoms with E-state index in [2.05, 4.69) is 26.1 Å². The first kappa shape index (κ1) is 14.3. The molecule has 0 saturated heterocycles.